The summed E-state index contributed by atoms with van der Waals surface area (Å²) >= 11 is 0. The fourth-order valence-corrected chi connectivity index (χ4v) is 3.57. The molecule has 2 rings (SSSR count). The summed E-state index contributed by atoms with van der Waals surface area (Å²) in [6.45, 7) is 7.84. The zero-order valence-corrected chi connectivity index (χ0v) is 18.1. The van der Waals surface area contributed by atoms with Crippen molar-refractivity contribution in [2.24, 2.45) is 0 Å². The van der Waals surface area contributed by atoms with Gasteiger partial charge in [-0.3, -0.25) is 4.79 Å². The van der Waals surface area contributed by atoms with E-state index < -0.39 is 39.2 Å². The van der Waals surface area contributed by atoms with Crippen LogP contribution in [-0.2, 0) is 28.9 Å². The predicted molar refractivity (Wildman–Crippen MR) is 109 cm³/mol. The second-order valence-electron chi connectivity index (χ2n) is 7.24. The highest BCUT2D eigenvalue weighted by molar-refractivity contribution is 7.91. The second-order valence-corrected chi connectivity index (χ2v) is 9.17. The molecule has 7 heteroatoms. The quantitative estimate of drug-likeness (QED) is 0.480. The molecule has 0 fully saturated rings. The molecule has 2 atom stereocenters. The third-order valence-electron chi connectivity index (χ3n) is 4.77. The van der Waals surface area contributed by atoms with Crippen LogP contribution < -0.4 is 0 Å². The van der Waals surface area contributed by atoms with Gasteiger partial charge in [-0.05, 0) is 52.3 Å². The number of carbonyl (C=O) groups is 2. The average Bonchev–Trinajstić information content (AvgIpc) is 2.66. The smallest absolute Gasteiger partial charge is 0.346 e. The third-order valence-corrected chi connectivity index (χ3v) is 6.19. The van der Waals surface area contributed by atoms with Crippen molar-refractivity contribution in [3.63, 3.8) is 0 Å². The Balaban J connectivity index is 2.15. The molecule has 0 aromatic heterocycles. The van der Waals surface area contributed by atoms with Gasteiger partial charge in [0, 0.05) is 0 Å². The fraction of sp³-hybridized carbons (Fsp3) is 0.364. The van der Waals surface area contributed by atoms with Gasteiger partial charge in [0.15, 0.2) is 11.7 Å². The molecule has 0 aliphatic heterocycles. The average molecular weight is 419 g/mol. The Morgan fingerprint density at radius 3 is 1.93 bits per heavy atom. The van der Waals surface area contributed by atoms with E-state index in [9.17, 15) is 18.0 Å². The van der Waals surface area contributed by atoms with Crippen LogP contribution in [0.4, 0.5) is 0 Å². The zero-order valence-electron chi connectivity index (χ0n) is 17.3. The van der Waals surface area contributed by atoms with Crippen molar-refractivity contribution in [1.82, 2.24) is 0 Å². The molecule has 2 unspecified atom stereocenters. The Bertz CT molecular complexity index is 977. The Morgan fingerprint density at radius 1 is 0.966 bits per heavy atom. The first-order valence-electron chi connectivity index (χ1n) is 9.18. The summed E-state index contributed by atoms with van der Waals surface area (Å²) in [4.78, 5) is 24.9. The number of hydrogen-bond donors (Lipinski definition) is 0. The number of esters is 1. The van der Waals surface area contributed by atoms with Crippen LogP contribution in [0, 0.1) is 13.8 Å². The molecule has 2 aromatic carbocycles. The van der Waals surface area contributed by atoms with Crippen LogP contribution in [0.3, 0.4) is 0 Å². The molecule has 0 bridgehead atoms. The van der Waals surface area contributed by atoms with E-state index in [1.807, 2.05) is 38.1 Å². The summed E-state index contributed by atoms with van der Waals surface area (Å²) in [6.07, 6.45) is -0.626. The largest absolute Gasteiger partial charge is 0.455 e. The van der Waals surface area contributed by atoms with E-state index in [1.54, 1.807) is 19.1 Å². The molecular weight excluding hydrogens is 392 g/mol. The Hall–Kier alpha value is -2.51. The van der Waals surface area contributed by atoms with E-state index in [2.05, 4.69) is 0 Å². The van der Waals surface area contributed by atoms with Gasteiger partial charge < -0.3 is 9.47 Å². The minimum Gasteiger partial charge on any atom is -0.455 e. The van der Waals surface area contributed by atoms with Crippen molar-refractivity contribution in [2.45, 2.75) is 51.2 Å². The second kappa shape index (κ2) is 8.88. The molecule has 0 spiro atoms. The van der Waals surface area contributed by atoms with Crippen LogP contribution in [0.1, 0.15) is 43.6 Å². The van der Waals surface area contributed by atoms with Crippen LogP contribution in [0.5, 0.6) is 0 Å². The predicted octanol–water partition coefficient (Wildman–Crippen LogP) is 3.70. The molecule has 0 amide bonds. The highest BCUT2D eigenvalue weighted by Gasteiger charge is 2.43. The minimum absolute atomic E-state index is 0.0513. The third kappa shape index (κ3) is 5.52. The first-order chi connectivity index (χ1) is 13.5. The number of hydrogen-bond acceptors (Lipinski definition) is 6. The lowest BCUT2D eigenvalue weighted by Gasteiger charge is -2.27. The van der Waals surface area contributed by atoms with Gasteiger partial charge in [0.1, 0.15) is 6.10 Å². The van der Waals surface area contributed by atoms with Crippen LogP contribution in [0.25, 0.3) is 0 Å². The first kappa shape index (κ1) is 22.8. The van der Waals surface area contributed by atoms with E-state index in [0.29, 0.717) is 0 Å². The molecule has 156 valence electrons. The first-order valence-corrected chi connectivity index (χ1v) is 10.8. The van der Waals surface area contributed by atoms with E-state index in [-0.39, 0.29) is 4.90 Å². The van der Waals surface area contributed by atoms with Crippen molar-refractivity contribution in [2.75, 3.05) is 5.94 Å². The highest BCUT2D eigenvalue weighted by atomic mass is 32.2. The molecule has 2 aromatic rings. The maximum atomic E-state index is 12.7. The lowest BCUT2D eigenvalue weighted by Crippen LogP contribution is -2.47. The van der Waals surface area contributed by atoms with Crippen molar-refractivity contribution in [1.29, 1.82) is 0 Å². The van der Waals surface area contributed by atoms with Gasteiger partial charge in [-0.1, -0.05) is 47.5 Å². The molecule has 0 aliphatic rings. The van der Waals surface area contributed by atoms with Gasteiger partial charge in [0.05, 0.1) is 4.90 Å². The van der Waals surface area contributed by atoms with Gasteiger partial charge in [-0.25, -0.2) is 13.2 Å². The number of ketones is 1. The molecule has 0 aliphatic carbocycles. The van der Waals surface area contributed by atoms with Crippen molar-refractivity contribution in [3.8, 4) is 0 Å². The van der Waals surface area contributed by atoms with E-state index in [0.717, 1.165) is 23.6 Å². The van der Waals surface area contributed by atoms with Gasteiger partial charge in [-0.2, -0.15) is 0 Å². The normalized spacial score (nSPS) is 14.7. The number of rotatable bonds is 8. The molecular formula is C22H26O6S. The number of ether oxygens (including phenoxy) is 2. The van der Waals surface area contributed by atoms with Crippen molar-refractivity contribution < 1.29 is 27.5 Å². The van der Waals surface area contributed by atoms with Crippen LogP contribution in [-0.4, -0.2) is 31.7 Å². The molecule has 0 radical (unpaired) electrons. The van der Waals surface area contributed by atoms with Crippen molar-refractivity contribution in [3.05, 3.63) is 65.2 Å². The SMILES string of the molecule is CC(=O)C(C)(OCS(=O)(=O)c1ccc(C)cc1)C(=O)OC(C)c1ccc(C)cc1. The maximum Gasteiger partial charge on any atom is 0.346 e. The Kier molecular flexibility index (Phi) is 6.97. The summed E-state index contributed by atoms with van der Waals surface area (Å²) in [7, 11) is -3.84. The molecule has 0 N–H and O–H groups in total. The monoisotopic (exact) mass is 418 g/mol. The fourth-order valence-electron chi connectivity index (χ4n) is 2.49. The maximum absolute atomic E-state index is 12.7. The van der Waals surface area contributed by atoms with Crippen LogP contribution in [0.15, 0.2) is 53.4 Å². The zero-order chi connectivity index (χ0) is 21.8. The van der Waals surface area contributed by atoms with E-state index in [4.69, 9.17) is 9.47 Å². The summed E-state index contributed by atoms with van der Waals surface area (Å²) in [6, 6.07) is 13.6. The van der Waals surface area contributed by atoms with Crippen LogP contribution in [0.2, 0.25) is 0 Å². The highest BCUT2D eigenvalue weighted by Crippen LogP contribution is 2.24. The van der Waals surface area contributed by atoms with Crippen LogP contribution >= 0.6 is 0 Å². The lowest BCUT2D eigenvalue weighted by molar-refractivity contribution is -0.176. The molecule has 0 heterocycles. The van der Waals surface area contributed by atoms with E-state index in [1.165, 1.54) is 19.1 Å². The Labute approximate surface area is 171 Å². The van der Waals surface area contributed by atoms with Gasteiger partial charge in [0.25, 0.3) is 0 Å². The molecule has 0 saturated heterocycles. The minimum atomic E-state index is -3.84. The number of benzene rings is 2. The van der Waals surface area contributed by atoms with Gasteiger partial charge in [-0.15, -0.1) is 0 Å². The summed E-state index contributed by atoms with van der Waals surface area (Å²) < 4.78 is 35.8. The topological polar surface area (TPSA) is 86.7 Å². The standard InChI is InChI=1S/C22H26O6S/c1-15-6-10-19(11-7-15)17(3)28-21(24)22(5,18(4)23)27-14-29(25,26)20-12-8-16(2)9-13-20/h6-13,17H,14H2,1-5H3. The van der Waals surface area contributed by atoms with E-state index >= 15 is 0 Å². The Morgan fingerprint density at radius 2 is 1.45 bits per heavy atom. The van der Waals surface area contributed by atoms with Gasteiger partial charge in [0.2, 0.25) is 15.4 Å². The number of Topliss-reactive ketones (excluding diaryl/α,β-unsaturated/α-hetero) is 1. The number of aryl methyl sites for hydroxylation is 2. The summed E-state index contributed by atoms with van der Waals surface area (Å²) in [5.74, 6) is -2.39. The molecule has 29 heavy (non-hydrogen) atoms. The number of sulfone groups is 1. The van der Waals surface area contributed by atoms with Crippen molar-refractivity contribution >= 4 is 21.6 Å². The summed E-state index contributed by atoms with van der Waals surface area (Å²) in [5, 5.41) is 0. The lowest BCUT2D eigenvalue weighted by atomic mass is 10.0. The molecule has 0 saturated carbocycles. The summed E-state index contributed by atoms with van der Waals surface area (Å²) in [5.41, 5.74) is 0.691. The molecule has 6 nitrogen and oxygen atoms in total. The number of carbonyl (C=O) groups excluding carboxylic acids is 2. The van der Waals surface area contributed by atoms with Gasteiger partial charge >= 0.3 is 5.97 Å².